The van der Waals surface area contributed by atoms with E-state index < -0.39 is 6.04 Å². The van der Waals surface area contributed by atoms with Crippen LogP contribution >= 0.6 is 0 Å². The second-order valence-corrected chi connectivity index (χ2v) is 9.50. The highest BCUT2D eigenvalue weighted by Gasteiger charge is 2.33. The molecular weight excluding hydrogens is 470 g/mol. The van der Waals surface area contributed by atoms with Gasteiger partial charge in [0.1, 0.15) is 18.3 Å². The highest BCUT2D eigenvalue weighted by molar-refractivity contribution is 6.01. The summed E-state index contributed by atoms with van der Waals surface area (Å²) in [7, 11) is 0. The van der Waals surface area contributed by atoms with Crippen molar-refractivity contribution in [3.05, 3.63) is 54.4 Å². The van der Waals surface area contributed by atoms with Crippen molar-refractivity contribution in [2.24, 2.45) is 0 Å². The SMILES string of the molecule is CCC[C@H](C(=O)NC1CCCC1)N(C(=O)Cn1nnc(-c2ccc(C)o2)n1)c1cnc2ccccc2c1. The first-order valence-electron chi connectivity index (χ1n) is 12.8. The first-order valence-corrected chi connectivity index (χ1v) is 12.8. The summed E-state index contributed by atoms with van der Waals surface area (Å²) in [5, 5.41) is 16.5. The zero-order valence-corrected chi connectivity index (χ0v) is 21.1. The molecule has 10 heteroatoms. The number of aromatic nitrogens is 5. The number of carbonyl (C=O) groups excluding carboxylic acids is 2. The molecule has 1 N–H and O–H groups in total. The first kappa shape index (κ1) is 24.6. The number of fused-ring (bicyclic) bond motifs is 1. The molecule has 1 atom stereocenters. The average Bonchev–Trinajstić information content (AvgIpc) is 3.66. The Morgan fingerprint density at radius 2 is 2.00 bits per heavy atom. The fraction of sp³-hybridized carbons (Fsp3) is 0.407. The van der Waals surface area contributed by atoms with Crippen molar-refractivity contribution in [1.82, 2.24) is 30.5 Å². The smallest absolute Gasteiger partial charge is 0.251 e. The second-order valence-electron chi connectivity index (χ2n) is 9.50. The number of anilines is 1. The average molecular weight is 502 g/mol. The van der Waals surface area contributed by atoms with Crippen LogP contribution in [-0.4, -0.2) is 49.1 Å². The molecule has 0 saturated heterocycles. The molecule has 3 heterocycles. The molecule has 0 spiro atoms. The van der Waals surface area contributed by atoms with Gasteiger partial charge < -0.3 is 9.73 Å². The molecule has 4 aromatic rings. The predicted molar refractivity (Wildman–Crippen MR) is 139 cm³/mol. The molecule has 10 nitrogen and oxygen atoms in total. The summed E-state index contributed by atoms with van der Waals surface area (Å²) in [6.45, 7) is 3.65. The zero-order valence-electron chi connectivity index (χ0n) is 21.1. The van der Waals surface area contributed by atoms with Crippen molar-refractivity contribution >= 4 is 28.4 Å². The van der Waals surface area contributed by atoms with Crippen molar-refractivity contribution in [1.29, 1.82) is 0 Å². The maximum Gasteiger partial charge on any atom is 0.251 e. The number of pyridine rings is 1. The molecule has 0 bridgehead atoms. The van der Waals surface area contributed by atoms with Crippen molar-refractivity contribution in [3.63, 3.8) is 0 Å². The highest BCUT2D eigenvalue weighted by atomic mass is 16.3. The number of furan rings is 1. The van der Waals surface area contributed by atoms with Crippen LogP contribution in [0.15, 0.2) is 53.1 Å². The van der Waals surface area contributed by atoms with E-state index in [-0.39, 0.29) is 24.4 Å². The number of amides is 2. The van der Waals surface area contributed by atoms with Crippen molar-refractivity contribution in [3.8, 4) is 11.6 Å². The molecule has 2 amide bonds. The van der Waals surface area contributed by atoms with Crippen LogP contribution in [0.3, 0.4) is 0 Å². The number of rotatable bonds is 9. The minimum atomic E-state index is -0.684. The molecule has 1 saturated carbocycles. The van der Waals surface area contributed by atoms with Gasteiger partial charge in [-0.1, -0.05) is 44.4 Å². The third kappa shape index (κ3) is 5.52. The van der Waals surface area contributed by atoms with Crippen LogP contribution in [0.25, 0.3) is 22.5 Å². The predicted octanol–water partition coefficient (Wildman–Crippen LogP) is 4.05. The molecule has 1 fully saturated rings. The van der Waals surface area contributed by atoms with Gasteiger partial charge in [-0.15, -0.1) is 10.2 Å². The molecule has 0 unspecified atom stereocenters. The van der Waals surface area contributed by atoms with Gasteiger partial charge in [-0.3, -0.25) is 19.5 Å². The lowest BCUT2D eigenvalue weighted by molar-refractivity contribution is -0.127. The summed E-state index contributed by atoms with van der Waals surface area (Å²) in [5.41, 5.74) is 1.38. The minimum Gasteiger partial charge on any atom is -0.458 e. The standard InChI is InChI=1S/C27H31N7O3/c1-3-8-23(27(36)29-20-10-5-6-11-20)34(21-15-19-9-4-7-12-22(19)28-16-21)25(35)17-33-31-26(30-32-33)24-14-13-18(2)37-24/h4,7,9,12-16,20,23H,3,5-6,8,10-11,17H2,1-2H3,(H,29,36)/t23-/m1/s1. The Morgan fingerprint density at radius 1 is 1.19 bits per heavy atom. The van der Waals surface area contributed by atoms with E-state index in [0.717, 1.165) is 48.8 Å². The van der Waals surface area contributed by atoms with Gasteiger partial charge in [0, 0.05) is 11.4 Å². The monoisotopic (exact) mass is 501 g/mol. The van der Waals surface area contributed by atoms with Gasteiger partial charge in [0.05, 0.1) is 17.4 Å². The summed E-state index contributed by atoms with van der Waals surface area (Å²) in [6.07, 6.45) is 7.04. The zero-order chi connectivity index (χ0) is 25.8. The molecular formula is C27H31N7O3. The van der Waals surface area contributed by atoms with Crippen LogP contribution in [0.4, 0.5) is 5.69 Å². The van der Waals surface area contributed by atoms with Gasteiger partial charge in [-0.05, 0) is 55.7 Å². The van der Waals surface area contributed by atoms with E-state index in [9.17, 15) is 9.59 Å². The molecule has 1 aromatic carbocycles. The van der Waals surface area contributed by atoms with Crippen LogP contribution < -0.4 is 10.2 Å². The Labute approximate surface area is 215 Å². The number of nitrogens with zero attached hydrogens (tertiary/aromatic N) is 6. The topological polar surface area (TPSA) is 119 Å². The molecule has 0 radical (unpaired) electrons. The lowest BCUT2D eigenvalue weighted by Gasteiger charge is -2.31. The van der Waals surface area contributed by atoms with Gasteiger partial charge in [0.15, 0.2) is 5.76 Å². The van der Waals surface area contributed by atoms with Crippen molar-refractivity contribution < 1.29 is 14.0 Å². The summed E-state index contributed by atoms with van der Waals surface area (Å²) in [6, 6.07) is 12.6. The second kappa shape index (κ2) is 10.9. The maximum atomic E-state index is 13.8. The quantitative estimate of drug-likeness (QED) is 0.367. The summed E-state index contributed by atoms with van der Waals surface area (Å²) in [5.74, 6) is 1.04. The Hall–Kier alpha value is -4.08. The Balaban J connectivity index is 1.46. The first-order chi connectivity index (χ1) is 18.0. The van der Waals surface area contributed by atoms with Crippen LogP contribution in [0.2, 0.25) is 0 Å². The number of hydrogen-bond donors (Lipinski definition) is 1. The number of nitrogens with one attached hydrogen (secondary N) is 1. The number of tetrazole rings is 1. The fourth-order valence-corrected chi connectivity index (χ4v) is 4.87. The van der Waals surface area contributed by atoms with E-state index in [1.54, 1.807) is 17.2 Å². The Morgan fingerprint density at radius 3 is 2.76 bits per heavy atom. The molecule has 3 aromatic heterocycles. The summed E-state index contributed by atoms with van der Waals surface area (Å²) in [4.78, 5) is 34.7. The third-order valence-corrected chi connectivity index (χ3v) is 6.69. The molecule has 0 aliphatic heterocycles. The van der Waals surface area contributed by atoms with Gasteiger partial charge in [0.25, 0.3) is 5.91 Å². The molecule has 192 valence electrons. The number of carbonyl (C=O) groups is 2. The van der Waals surface area contributed by atoms with Gasteiger partial charge in [-0.2, -0.15) is 4.80 Å². The van der Waals surface area contributed by atoms with Gasteiger partial charge in [0.2, 0.25) is 11.7 Å². The lowest BCUT2D eigenvalue weighted by atomic mass is 10.1. The van der Waals surface area contributed by atoms with Crippen molar-refractivity contribution in [2.75, 3.05) is 4.90 Å². The van der Waals surface area contributed by atoms with Crippen LogP contribution in [0, 0.1) is 6.92 Å². The maximum absolute atomic E-state index is 13.8. The van der Waals surface area contributed by atoms with Gasteiger partial charge in [-0.25, -0.2) is 0 Å². The highest BCUT2D eigenvalue weighted by Crippen LogP contribution is 2.25. The van der Waals surface area contributed by atoms with Gasteiger partial charge >= 0.3 is 0 Å². The Bertz CT molecular complexity index is 1390. The summed E-state index contributed by atoms with van der Waals surface area (Å²) < 4.78 is 5.58. The molecule has 1 aliphatic rings. The molecule has 37 heavy (non-hydrogen) atoms. The minimum absolute atomic E-state index is 0.145. The third-order valence-electron chi connectivity index (χ3n) is 6.69. The largest absolute Gasteiger partial charge is 0.458 e. The fourth-order valence-electron chi connectivity index (χ4n) is 4.87. The Kier molecular flexibility index (Phi) is 7.25. The molecule has 1 aliphatic carbocycles. The molecule has 5 rings (SSSR count). The van der Waals surface area contributed by atoms with E-state index in [1.807, 2.05) is 50.2 Å². The van der Waals surface area contributed by atoms with E-state index in [0.29, 0.717) is 23.7 Å². The van der Waals surface area contributed by atoms with Crippen LogP contribution in [0.5, 0.6) is 0 Å². The van der Waals surface area contributed by atoms with E-state index >= 15 is 0 Å². The van der Waals surface area contributed by atoms with E-state index in [2.05, 4.69) is 25.7 Å². The van der Waals surface area contributed by atoms with Crippen molar-refractivity contribution in [2.45, 2.75) is 71.0 Å². The normalized spacial score (nSPS) is 14.6. The van der Waals surface area contributed by atoms with E-state index in [4.69, 9.17) is 4.42 Å². The van der Waals surface area contributed by atoms with Crippen LogP contribution in [0.1, 0.15) is 51.2 Å². The number of para-hydroxylation sites is 1. The van der Waals surface area contributed by atoms with Crippen LogP contribution in [-0.2, 0) is 16.1 Å². The van der Waals surface area contributed by atoms with E-state index in [1.165, 1.54) is 4.80 Å². The number of aryl methyl sites for hydroxylation is 1. The number of hydrogen-bond acceptors (Lipinski definition) is 7. The number of benzene rings is 1. The lowest BCUT2D eigenvalue weighted by Crippen LogP contribution is -2.52. The summed E-state index contributed by atoms with van der Waals surface area (Å²) >= 11 is 0.